The lowest BCUT2D eigenvalue weighted by atomic mass is 10.3. The lowest BCUT2D eigenvalue weighted by Crippen LogP contribution is -2.15. The molecular weight excluding hydrogens is 364 g/mol. The smallest absolute Gasteiger partial charge is 0.271 e. The highest BCUT2D eigenvalue weighted by molar-refractivity contribution is 9.10. The first-order valence-electron chi connectivity index (χ1n) is 5.47. The molecule has 0 spiro atoms. The fourth-order valence-electron chi connectivity index (χ4n) is 1.52. The molecule has 0 aliphatic rings. The van der Waals surface area contributed by atoms with E-state index >= 15 is 0 Å². The molecular formula is C11H9BrN4O4S. The molecule has 0 bridgehead atoms. The molecule has 0 unspecified atom stereocenters. The number of rotatable bonds is 4. The van der Waals surface area contributed by atoms with E-state index in [0.29, 0.717) is 4.47 Å². The van der Waals surface area contributed by atoms with Crippen LogP contribution in [0.1, 0.15) is 0 Å². The molecule has 2 rings (SSSR count). The Labute approximate surface area is 128 Å². The van der Waals surface area contributed by atoms with E-state index in [-0.39, 0.29) is 22.0 Å². The van der Waals surface area contributed by atoms with Crippen LogP contribution in [0.2, 0.25) is 0 Å². The molecule has 21 heavy (non-hydrogen) atoms. The van der Waals surface area contributed by atoms with Crippen LogP contribution in [0.5, 0.6) is 0 Å². The van der Waals surface area contributed by atoms with Gasteiger partial charge in [-0.2, -0.15) is 0 Å². The molecule has 10 heteroatoms. The van der Waals surface area contributed by atoms with Crippen molar-refractivity contribution in [3.63, 3.8) is 0 Å². The molecule has 3 N–H and O–H groups in total. The number of nitrogens with two attached hydrogens (primary N) is 1. The molecule has 0 atom stereocenters. The van der Waals surface area contributed by atoms with Crippen molar-refractivity contribution in [2.75, 3.05) is 10.5 Å². The Morgan fingerprint density at radius 3 is 2.67 bits per heavy atom. The molecule has 0 fully saturated rings. The number of nitrogen functional groups attached to an aromatic ring is 1. The van der Waals surface area contributed by atoms with Crippen LogP contribution in [0.3, 0.4) is 0 Å². The van der Waals surface area contributed by atoms with E-state index in [0.717, 1.165) is 12.3 Å². The number of hydrogen-bond acceptors (Lipinski definition) is 6. The molecule has 8 nitrogen and oxygen atoms in total. The van der Waals surface area contributed by atoms with Gasteiger partial charge in [-0.25, -0.2) is 8.42 Å². The van der Waals surface area contributed by atoms with Gasteiger partial charge in [-0.3, -0.25) is 19.8 Å². The lowest BCUT2D eigenvalue weighted by Gasteiger charge is -2.10. The van der Waals surface area contributed by atoms with Crippen molar-refractivity contribution in [2.45, 2.75) is 4.90 Å². The molecule has 1 aromatic carbocycles. The predicted octanol–water partition coefficient (Wildman–Crippen LogP) is 2.14. The predicted molar refractivity (Wildman–Crippen MR) is 80.3 cm³/mol. The summed E-state index contributed by atoms with van der Waals surface area (Å²) < 4.78 is 27.1. The van der Waals surface area contributed by atoms with Crippen LogP contribution in [0.4, 0.5) is 17.1 Å². The van der Waals surface area contributed by atoms with Gasteiger partial charge in [-0.15, -0.1) is 0 Å². The summed E-state index contributed by atoms with van der Waals surface area (Å²) in [5, 5.41) is 10.7. The Bertz CT molecular complexity index is 810. The number of non-ortho nitro benzene ring substituents is 1. The fourth-order valence-corrected chi connectivity index (χ4v) is 3.14. The Morgan fingerprint density at radius 2 is 2.05 bits per heavy atom. The van der Waals surface area contributed by atoms with Gasteiger partial charge in [0.15, 0.2) is 0 Å². The van der Waals surface area contributed by atoms with Crippen molar-refractivity contribution in [3.05, 3.63) is 51.2 Å². The van der Waals surface area contributed by atoms with E-state index < -0.39 is 14.9 Å². The molecule has 110 valence electrons. The second-order valence-electron chi connectivity index (χ2n) is 3.94. The van der Waals surface area contributed by atoms with Crippen LogP contribution in [-0.4, -0.2) is 18.3 Å². The quantitative estimate of drug-likeness (QED) is 0.624. The summed E-state index contributed by atoms with van der Waals surface area (Å²) in [4.78, 5) is 13.6. The molecule has 0 aliphatic carbocycles. The minimum absolute atomic E-state index is 0.0269. The molecule has 0 saturated heterocycles. The zero-order valence-electron chi connectivity index (χ0n) is 10.4. The molecule has 1 heterocycles. The van der Waals surface area contributed by atoms with Crippen molar-refractivity contribution in [2.24, 2.45) is 0 Å². The van der Waals surface area contributed by atoms with Gasteiger partial charge in [0.05, 0.1) is 16.3 Å². The standard InChI is InChI=1S/C11H9BrN4O4S/c12-8-2-1-7(16(17)18)5-10(8)15-21(19,20)11-6-14-4-3-9(11)13/h1-6,15H,(H2,13,14). The van der Waals surface area contributed by atoms with E-state index in [2.05, 4.69) is 25.6 Å². The number of nitrogens with zero attached hydrogens (tertiary/aromatic N) is 2. The molecule has 0 amide bonds. The van der Waals surface area contributed by atoms with Crippen LogP contribution in [0.25, 0.3) is 0 Å². The summed E-state index contributed by atoms with van der Waals surface area (Å²) in [6.07, 6.45) is 2.46. The van der Waals surface area contributed by atoms with E-state index in [1.165, 1.54) is 24.4 Å². The fraction of sp³-hybridized carbons (Fsp3) is 0. The highest BCUT2D eigenvalue weighted by Crippen LogP contribution is 2.29. The van der Waals surface area contributed by atoms with Crippen molar-refractivity contribution in [1.29, 1.82) is 0 Å². The zero-order chi connectivity index (χ0) is 15.6. The van der Waals surface area contributed by atoms with Gasteiger partial charge in [0.1, 0.15) is 4.90 Å². The number of anilines is 2. The van der Waals surface area contributed by atoms with Crippen LogP contribution in [0, 0.1) is 10.1 Å². The summed E-state index contributed by atoms with van der Waals surface area (Å²) in [5.41, 5.74) is 5.42. The molecule has 0 saturated carbocycles. The largest absolute Gasteiger partial charge is 0.398 e. The maximum atomic E-state index is 12.2. The number of benzene rings is 1. The van der Waals surface area contributed by atoms with Crippen LogP contribution < -0.4 is 10.5 Å². The zero-order valence-corrected chi connectivity index (χ0v) is 12.8. The van der Waals surface area contributed by atoms with Gasteiger partial charge < -0.3 is 5.73 Å². The normalized spacial score (nSPS) is 11.1. The first-order chi connectivity index (χ1) is 9.81. The van der Waals surface area contributed by atoms with Crippen molar-refractivity contribution >= 4 is 43.0 Å². The first-order valence-corrected chi connectivity index (χ1v) is 7.75. The number of pyridine rings is 1. The molecule has 0 radical (unpaired) electrons. The van der Waals surface area contributed by atoms with Gasteiger partial charge in [0.25, 0.3) is 15.7 Å². The summed E-state index contributed by atoms with van der Waals surface area (Å²) >= 11 is 3.13. The number of sulfonamides is 1. The number of hydrogen-bond donors (Lipinski definition) is 2. The second kappa shape index (κ2) is 5.66. The SMILES string of the molecule is Nc1ccncc1S(=O)(=O)Nc1cc([N+](=O)[O-])ccc1Br. The van der Waals surface area contributed by atoms with Crippen LogP contribution >= 0.6 is 15.9 Å². The second-order valence-corrected chi connectivity index (χ2v) is 6.45. The average Bonchev–Trinajstić information content (AvgIpc) is 2.41. The van der Waals surface area contributed by atoms with Crippen molar-refractivity contribution in [3.8, 4) is 0 Å². The number of halogens is 1. The van der Waals surface area contributed by atoms with Gasteiger partial charge >= 0.3 is 0 Å². The van der Waals surface area contributed by atoms with E-state index in [4.69, 9.17) is 5.73 Å². The first kappa shape index (κ1) is 15.2. The lowest BCUT2D eigenvalue weighted by molar-refractivity contribution is -0.384. The minimum atomic E-state index is -4.00. The number of nitrogens with one attached hydrogen (secondary N) is 1. The number of nitro groups is 1. The van der Waals surface area contributed by atoms with Crippen LogP contribution in [-0.2, 0) is 10.0 Å². The third kappa shape index (κ3) is 3.28. The number of nitro benzene ring substituents is 1. The van der Waals surface area contributed by atoms with Crippen molar-refractivity contribution < 1.29 is 13.3 Å². The Balaban J connectivity index is 2.44. The molecule has 1 aromatic heterocycles. The topological polar surface area (TPSA) is 128 Å². The molecule has 0 aliphatic heterocycles. The summed E-state index contributed by atoms with van der Waals surface area (Å²) in [6.45, 7) is 0. The van der Waals surface area contributed by atoms with Gasteiger partial charge in [0, 0.05) is 29.0 Å². The van der Waals surface area contributed by atoms with Gasteiger partial charge in [-0.1, -0.05) is 0 Å². The maximum Gasteiger partial charge on any atom is 0.271 e. The van der Waals surface area contributed by atoms with E-state index in [1.54, 1.807) is 0 Å². The highest BCUT2D eigenvalue weighted by Gasteiger charge is 2.20. The Kier molecular flexibility index (Phi) is 4.09. The van der Waals surface area contributed by atoms with Gasteiger partial charge in [0.2, 0.25) is 0 Å². The minimum Gasteiger partial charge on any atom is -0.398 e. The highest BCUT2D eigenvalue weighted by atomic mass is 79.9. The average molecular weight is 373 g/mol. The van der Waals surface area contributed by atoms with E-state index in [9.17, 15) is 18.5 Å². The van der Waals surface area contributed by atoms with Crippen molar-refractivity contribution in [1.82, 2.24) is 4.98 Å². The van der Waals surface area contributed by atoms with Gasteiger partial charge in [-0.05, 0) is 28.1 Å². The van der Waals surface area contributed by atoms with E-state index in [1.807, 2.05) is 0 Å². The Morgan fingerprint density at radius 1 is 1.33 bits per heavy atom. The monoisotopic (exact) mass is 372 g/mol. The number of aromatic nitrogens is 1. The molecule has 2 aromatic rings. The summed E-state index contributed by atoms with van der Waals surface area (Å²) in [7, 11) is -4.00. The van der Waals surface area contributed by atoms with Crippen LogP contribution in [0.15, 0.2) is 46.0 Å². The summed E-state index contributed by atoms with van der Waals surface area (Å²) in [5.74, 6) is 0. The summed E-state index contributed by atoms with van der Waals surface area (Å²) in [6, 6.07) is 5.08. The Hall–Kier alpha value is -2.20. The third-order valence-electron chi connectivity index (χ3n) is 2.51. The maximum absolute atomic E-state index is 12.2. The third-order valence-corrected chi connectivity index (χ3v) is 4.61.